The van der Waals surface area contributed by atoms with Crippen molar-refractivity contribution in [2.45, 2.75) is 13.3 Å². The molecule has 110 valence electrons. The van der Waals surface area contributed by atoms with E-state index in [-0.39, 0.29) is 18.1 Å². The maximum absolute atomic E-state index is 11.6. The molecule has 1 heterocycles. The first-order chi connectivity index (χ1) is 9.24. The van der Waals surface area contributed by atoms with Crippen LogP contribution in [0.2, 0.25) is 0 Å². The van der Waals surface area contributed by atoms with Crippen molar-refractivity contribution in [1.29, 1.82) is 5.41 Å². The summed E-state index contributed by atoms with van der Waals surface area (Å²) in [6, 6.07) is 0. The minimum atomic E-state index is -0.232. The summed E-state index contributed by atoms with van der Waals surface area (Å²) in [4.78, 5) is 13.8. The zero-order valence-corrected chi connectivity index (χ0v) is 11.7. The number of ketones is 1. The van der Waals surface area contributed by atoms with Crippen molar-refractivity contribution < 1.29 is 19.0 Å². The summed E-state index contributed by atoms with van der Waals surface area (Å²) in [5.41, 5.74) is 0.142. The summed E-state index contributed by atoms with van der Waals surface area (Å²) in [7, 11) is 0. The maximum Gasteiger partial charge on any atom is 0.201 e. The fraction of sp³-hybridized carbons (Fsp3) is 0.846. The quantitative estimate of drug-likeness (QED) is 0.459. The molecule has 0 saturated carbocycles. The smallest absolute Gasteiger partial charge is 0.201 e. The number of rotatable bonds is 10. The third-order valence-electron chi connectivity index (χ3n) is 2.93. The number of morpholine rings is 1. The van der Waals surface area contributed by atoms with Crippen molar-refractivity contribution in [1.82, 2.24) is 4.90 Å². The van der Waals surface area contributed by atoms with E-state index in [1.54, 1.807) is 0 Å². The Balaban J connectivity index is 2.05. The van der Waals surface area contributed by atoms with E-state index in [0.717, 1.165) is 32.8 Å². The lowest BCUT2D eigenvalue weighted by molar-refractivity contribution is -0.117. The van der Waals surface area contributed by atoms with Crippen LogP contribution in [0.15, 0.2) is 0 Å². The Morgan fingerprint density at radius 2 is 1.95 bits per heavy atom. The van der Waals surface area contributed by atoms with Gasteiger partial charge in [0.15, 0.2) is 0 Å². The SMILES string of the molecule is CCOCCOCC(=O)C(=N)CCN1CCOCC1. The molecule has 0 bridgehead atoms. The minimum Gasteiger partial charge on any atom is -0.379 e. The van der Waals surface area contributed by atoms with Gasteiger partial charge in [-0.25, -0.2) is 0 Å². The Morgan fingerprint density at radius 3 is 2.63 bits per heavy atom. The van der Waals surface area contributed by atoms with Gasteiger partial charge in [-0.15, -0.1) is 0 Å². The Bertz CT molecular complexity index is 278. The van der Waals surface area contributed by atoms with Gasteiger partial charge in [0.05, 0.1) is 32.1 Å². The van der Waals surface area contributed by atoms with Crippen molar-refractivity contribution in [3.05, 3.63) is 0 Å². The first-order valence-corrected chi connectivity index (χ1v) is 6.80. The molecule has 1 aliphatic rings. The van der Waals surface area contributed by atoms with Crippen LogP contribution >= 0.6 is 0 Å². The number of carbonyl (C=O) groups excluding carboxylic acids is 1. The zero-order valence-electron chi connectivity index (χ0n) is 11.7. The van der Waals surface area contributed by atoms with Crippen LogP contribution in [0.4, 0.5) is 0 Å². The van der Waals surface area contributed by atoms with E-state index in [4.69, 9.17) is 19.6 Å². The molecule has 1 saturated heterocycles. The number of hydrogen-bond donors (Lipinski definition) is 1. The van der Waals surface area contributed by atoms with Crippen molar-refractivity contribution in [3.8, 4) is 0 Å². The second kappa shape index (κ2) is 10.0. The number of nitrogens with zero attached hydrogens (tertiary/aromatic N) is 1. The average molecular weight is 272 g/mol. The van der Waals surface area contributed by atoms with E-state index in [2.05, 4.69) is 4.90 Å². The summed E-state index contributed by atoms with van der Waals surface area (Å²) in [5, 5.41) is 7.71. The number of carbonyl (C=O) groups is 1. The van der Waals surface area contributed by atoms with E-state index in [0.29, 0.717) is 26.2 Å². The standard InChI is InChI=1S/C13H24N2O4/c1-2-17-9-10-19-11-13(16)12(14)3-4-15-5-7-18-8-6-15/h14H,2-11H2,1H3. The highest BCUT2D eigenvalue weighted by Crippen LogP contribution is 1.99. The first-order valence-electron chi connectivity index (χ1n) is 6.80. The largest absolute Gasteiger partial charge is 0.379 e. The van der Waals surface area contributed by atoms with Crippen LogP contribution in [0.1, 0.15) is 13.3 Å². The van der Waals surface area contributed by atoms with Gasteiger partial charge in [-0.3, -0.25) is 9.69 Å². The van der Waals surface area contributed by atoms with E-state index in [9.17, 15) is 4.79 Å². The fourth-order valence-corrected chi connectivity index (χ4v) is 1.75. The van der Waals surface area contributed by atoms with E-state index >= 15 is 0 Å². The molecule has 1 fully saturated rings. The van der Waals surface area contributed by atoms with E-state index < -0.39 is 0 Å². The topological polar surface area (TPSA) is 71.9 Å². The van der Waals surface area contributed by atoms with Crippen molar-refractivity contribution in [3.63, 3.8) is 0 Å². The molecular weight excluding hydrogens is 248 g/mol. The molecule has 19 heavy (non-hydrogen) atoms. The molecule has 1 rings (SSSR count). The van der Waals surface area contributed by atoms with E-state index in [1.807, 2.05) is 6.92 Å². The van der Waals surface area contributed by atoms with Gasteiger partial charge in [-0.2, -0.15) is 0 Å². The van der Waals surface area contributed by atoms with E-state index in [1.165, 1.54) is 0 Å². The Kier molecular flexibility index (Phi) is 8.57. The van der Waals surface area contributed by atoms with Gasteiger partial charge in [0, 0.05) is 32.7 Å². The predicted octanol–water partition coefficient (Wildman–Crippen LogP) is 0.351. The summed E-state index contributed by atoms with van der Waals surface area (Å²) >= 11 is 0. The van der Waals surface area contributed by atoms with Crippen LogP contribution in [-0.4, -0.2) is 75.7 Å². The number of nitrogens with one attached hydrogen (secondary N) is 1. The molecule has 1 N–H and O–H groups in total. The lowest BCUT2D eigenvalue weighted by atomic mass is 10.2. The third-order valence-corrected chi connectivity index (χ3v) is 2.93. The molecular formula is C13H24N2O4. The van der Waals surface area contributed by atoms with Crippen molar-refractivity contribution in [2.75, 3.05) is 59.3 Å². The minimum absolute atomic E-state index is 0.0188. The van der Waals surface area contributed by atoms with Crippen LogP contribution in [-0.2, 0) is 19.0 Å². The Hall–Kier alpha value is -0.820. The summed E-state index contributed by atoms with van der Waals surface area (Å²) < 4.78 is 15.5. The maximum atomic E-state index is 11.6. The van der Waals surface area contributed by atoms with Crippen LogP contribution in [0.25, 0.3) is 0 Å². The molecule has 0 aromatic heterocycles. The predicted molar refractivity (Wildman–Crippen MR) is 71.9 cm³/mol. The van der Waals surface area contributed by atoms with Gasteiger partial charge in [0.2, 0.25) is 5.78 Å². The van der Waals surface area contributed by atoms with Crippen molar-refractivity contribution in [2.24, 2.45) is 0 Å². The highest BCUT2D eigenvalue weighted by molar-refractivity contribution is 6.39. The fourth-order valence-electron chi connectivity index (χ4n) is 1.75. The normalized spacial score (nSPS) is 16.5. The molecule has 0 radical (unpaired) electrons. The monoisotopic (exact) mass is 272 g/mol. The first kappa shape index (κ1) is 16.2. The Morgan fingerprint density at radius 1 is 1.26 bits per heavy atom. The highest BCUT2D eigenvalue weighted by atomic mass is 16.5. The van der Waals surface area contributed by atoms with Crippen LogP contribution in [0, 0.1) is 5.41 Å². The van der Waals surface area contributed by atoms with Crippen LogP contribution in [0.5, 0.6) is 0 Å². The molecule has 0 aromatic carbocycles. The third kappa shape index (κ3) is 7.37. The molecule has 0 aliphatic carbocycles. The molecule has 0 amide bonds. The second-order valence-electron chi connectivity index (χ2n) is 4.36. The Labute approximate surface area is 114 Å². The molecule has 0 atom stereocenters. The number of ether oxygens (including phenoxy) is 3. The molecule has 6 nitrogen and oxygen atoms in total. The lowest BCUT2D eigenvalue weighted by Gasteiger charge is -2.26. The zero-order chi connectivity index (χ0) is 13.9. The van der Waals surface area contributed by atoms with Crippen molar-refractivity contribution >= 4 is 11.5 Å². The molecule has 0 spiro atoms. The average Bonchev–Trinajstić information content (AvgIpc) is 2.45. The number of hydrogen-bond acceptors (Lipinski definition) is 6. The van der Waals surface area contributed by atoms with Gasteiger partial charge < -0.3 is 19.6 Å². The number of Topliss-reactive ketones (excluding diaryl/α,β-unsaturated/α-hetero) is 1. The summed E-state index contributed by atoms with van der Waals surface area (Å²) in [5.74, 6) is -0.232. The van der Waals surface area contributed by atoms with Gasteiger partial charge in [0.25, 0.3) is 0 Å². The summed E-state index contributed by atoms with van der Waals surface area (Å²) in [6.07, 6.45) is 0.480. The van der Waals surface area contributed by atoms with Gasteiger partial charge in [-0.05, 0) is 6.92 Å². The highest BCUT2D eigenvalue weighted by Gasteiger charge is 2.14. The second-order valence-corrected chi connectivity index (χ2v) is 4.36. The van der Waals surface area contributed by atoms with Gasteiger partial charge in [0.1, 0.15) is 6.61 Å². The molecule has 0 unspecified atom stereocenters. The molecule has 0 aromatic rings. The molecule has 6 heteroatoms. The van der Waals surface area contributed by atoms with Crippen LogP contribution < -0.4 is 0 Å². The van der Waals surface area contributed by atoms with Gasteiger partial charge >= 0.3 is 0 Å². The summed E-state index contributed by atoms with van der Waals surface area (Å²) in [6.45, 7) is 7.41. The lowest BCUT2D eigenvalue weighted by Crippen LogP contribution is -2.38. The van der Waals surface area contributed by atoms with Crippen LogP contribution in [0.3, 0.4) is 0 Å². The molecule has 1 aliphatic heterocycles. The van der Waals surface area contributed by atoms with Gasteiger partial charge in [-0.1, -0.05) is 0 Å².